The summed E-state index contributed by atoms with van der Waals surface area (Å²) in [4.78, 5) is 11.4. The lowest BCUT2D eigenvalue weighted by atomic mass is 10.2. The Balaban J connectivity index is 2.47. The molecular formula is C12H17NO3. The summed E-state index contributed by atoms with van der Waals surface area (Å²) >= 11 is 0. The maximum Gasteiger partial charge on any atom is 0.260 e. The van der Waals surface area contributed by atoms with Crippen LogP contribution in [0, 0.1) is 6.92 Å². The standard InChI is InChI=1S/C12H17NO3/c1-9-3-5-11(6-4-9)16-10(2)12(15)13-7-8-14/h3-6,10,14H,7-8H2,1-2H3,(H,13,15). The number of ether oxygens (including phenoxy) is 1. The van der Waals surface area contributed by atoms with Crippen molar-refractivity contribution >= 4 is 5.91 Å². The predicted molar refractivity (Wildman–Crippen MR) is 61.4 cm³/mol. The summed E-state index contributed by atoms with van der Waals surface area (Å²) in [6, 6.07) is 7.50. The van der Waals surface area contributed by atoms with Crippen LogP contribution in [-0.4, -0.2) is 30.3 Å². The molecule has 1 unspecified atom stereocenters. The Morgan fingerprint density at radius 3 is 2.62 bits per heavy atom. The fourth-order valence-corrected chi connectivity index (χ4v) is 1.20. The third kappa shape index (κ3) is 3.90. The summed E-state index contributed by atoms with van der Waals surface area (Å²) in [6.45, 7) is 3.84. The molecule has 0 aromatic heterocycles. The largest absolute Gasteiger partial charge is 0.481 e. The summed E-state index contributed by atoms with van der Waals surface area (Å²) in [5.41, 5.74) is 1.14. The van der Waals surface area contributed by atoms with Gasteiger partial charge in [0.1, 0.15) is 5.75 Å². The van der Waals surface area contributed by atoms with E-state index in [1.807, 2.05) is 31.2 Å². The first-order chi connectivity index (χ1) is 7.63. The minimum absolute atomic E-state index is 0.0665. The zero-order valence-corrected chi connectivity index (χ0v) is 9.56. The van der Waals surface area contributed by atoms with Crippen LogP contribution in [0.4, 0.5) is 0 Å². The van der Waals surface area contributed by atoms with Gasteiger partial charge in [0, 0.05) is 6.54 Å². The van der Waals surface area contributed by atoms with E-state index < -0.39 is 6.10 Å². The highest BCUT2D eigenvalue weighted by Gasteiger charge is 2.13. The second-order valence-corrected chi connectivity index (χ2v) is 3.59. The van der Waals surface area contributed by atoms with Gasteiger partial charge in [-0.2, -0.15) is 0 Å². The molecule has 0 radical (unpaired) electrons. The van der Waals surface area contributed by atoms with E-state index in [0.717, 1.165) is 5.56 Å². The number of aliphatic hydroxyl groups is 1. The number of hydrogen-bond acceptors (Lipinski definition) is 3. The zero-order chi connectivity index (χ0) is 12.0. The number of amides is 1. The monoisotopic (exact) mass is 223 g/mol. The molecule has 88 valence electrons. The van der Waals surface area contributed by atoms with E-state index in [0.29, 0.717) is 5.75 Å². The van der Waals surface area contributed by atoms with Crippen LogP contribution < -0.4 is 10.1 Å². The second kappa shape index (κ2) is 6.12. The average Bonchev–Trinajstić information content (AvgIpc) is 2.29. The lowest BCUT2D eigenvalue weighted by Crippen LogP contribution is -2.37. The Bertz CT molecular complexity index is 335. The van der Waals surface area contributed by atoms with Gasteiger partial charge in [0.2, 0.25) is 0 Å². The van der Waals surface area contributed by atoms with E-state index in [1.165, 1.54) is 0 Å². The Labute approximate surface area is 95.2 Å². The predicted octanol–water partition coefficient (Wildman–Crippen LogP) is 0.871. The molecule has 0 bridgehead atoms. The van der Waals surface area contributed by atoms with Crippen LogP contribution in [0.1, 0.15) is 12.5 Å². The van der Waals surface area contributed by atoms with E-state index in [-0.39, 0.29) is 19.1 Å². The summed E-state index contributed by atoms with van der Waals surface area (Å²) in [7, 11) is 0. The number of carbonyl (C=O) groups is 1. The van der Waals surface area contributed by atoms with Gasteiger partial charge in [-0.25, -0.2) is 0 Å². The van der Waals surface area contributed by atoms with Crippen LogP contribution in [0.25, 0.3) is 0 Å². The summed E-state index contributed by atoms with van der Waals surface area (Å²) in [5, 5.41) is 11.1. The summed E-state index contributed by atoms with van der Waals surface area (Å²) in [5.74, 6) is 0.437. The molecule has 0 saturated carbocycles. The van der Waals surface area contributed by atoms with Gasteiger partial charge < -0.3 is 15.2 Å². The highest BCUT2D eigenvalue weighted by Crippen LogP contribution is 2.13. The van der Waals surface area contributed by atoms with Crippen LogP contribution in [-0.2, 0) is 4.79 Å². The molecule has 2 N–H and O–H groups in total. The molecule has 0 heterocycles. The molecular weight excluding hydrogens is 206 g/mol. The highest BCUT2D eigenvalue weighted by atomic mass is 16.5. The van der Waals surface area contributed by atoms with Crippen molar-refractivity contribution < 1.29 is 14.6 Å². The fraction of sp³-hybridized carbons (Fsp3) is 0.417. The number of nitrogens with one attached hydrogen (secondary N) is 1. The minimum Gasteiger partial charge on any atom is -0.481 e. The number of benzene rings is 1. The lowest BCUT2D eigenvalue weighted by molar-refractivity contribution is -0.127. The van der Waals surface area contributed by atoms with Crippen LogP contribution in [0.2, 0.25) is 0 Å². The van der Waals surface area contributed by atoms with Crippen LogP contribution in [0.15, 0.2) is 24.3 Å². The number of carbonyl (C=O) groups excluding carboxylic acids is 1. The third-order valence-corrected chi connectivity index (χ3v) is 2.11. The molecule has 4 heteroatoms. The van der Waals surface area contributed by atoms with E-state index in [2.05, 4.69) is 5.32 Å². The minimum atomic E-state index is -0.561. The van der Waals surface area contributed by atoms with Gasteiger partial charge in [-0.3, -0.25) is 4.79 Å². The SMILES string of the molecule is Cc1ccc(OC(C)C(=O)NCCO)cc1. The topological polar surface area (TPSA) is 58.6 Å². The van der Waals surface area contributed by atoms with Gasteiger partial charge in [-0.15, -0.1) is 0 Å². The van der Waals surface area contributed by atoms with E-state index in [4.69, 9.17) is 9.84 Å². The van der Waals surface area contributed by atoms with Gasteiger partial charge in [-0.1, -0.05) is 17.7 Å². The van der Waals surface area contributed by atoms with Gasteiger partial charge in [-0.05, 0) is 26.0 Å². The average molecular weight is 223 g/mol. The summed E-state index contributed by atoms with van der Waals surface area (Å²) in [6.07, 6.45) is -0.561. The number of rotatable bonds is 5. The smallest absolute Gasteiger partial charge is 0.260 e. The van der Waals surface area contributed by atoms with Crippen LogP contribution >= 0.6 is 0 Å². The van der Waals surface area contributed by atoms with Crippen LogP contribution in [0.3, 0.4) is 0 Å². The van der Waals surface area contributed by atoms with Crippen molar-refractivity contribution in [2.75, 3.05) is 13.2 Å². The molecule has 1 rings (SSSR count). The van der Waals surface area contributed by atoms with Crippen molar-refractivity contribution in [3.8, 4) is 5.75 Å². The van der Waals surface area contributed by atoms with E-state index in [1.54, 1.807) is 6.92 Å². The van der Waals surface area contributed by atoms with Crippen molar-refractivity contribution in [3.05, 3.63) is 29.8 Å². The molecule has 16 heavy (non-hydrogen) atoms. The molecule has 0 saturated heterocycles. The molecule has 0 aliphatic carbocycles. The zero-order valence-electron chi connectivity index (χ0n) is 9.56. The Kier molecular flexibility index (Phi) is 4.79. The highest BCUT2D eigenvalue weighted by molar-refractivity contribution is 5.80. The maximum absolute atomic E-state index is 11.4. The molecule has 1 atom stereocenters. The van der Waals surface area contributed by atoms with Crippen molar-refractivity contribution in [1.82, 2.24) is 5.32 Å². The van der Waals surface area contributed by atoms with Gasteiger partial charge in [0.25, 0.3) is 5.91 Å². The van der Waals surface area contributed by atoms with Crippen molar-refractivity contribution in [2.45, 2.75) is 20.0 Å². The molecule has 1 aromatic rings. The summed E-state index contributed by atoms with van der Waals surface area (Å²) < 4.78 is 5.43. The second-order valence-electron chi connectivity index (χ2n) is 3.59. The first kappa shape index (κ1) is 12.5. The van der Waals surface area contributed by atoms with Crippen molar-refractivity contribution in [1.29, 1.82) is 0 Å². The number of hydrogen-bond donors (Lipinski definition) is 2. The molecule has 4 nitrogen and oxygen atoms in total. The van der Waals surface area contributed by atoms with Gasteiger partial charge in [0.05, 0.1) is 6.61 Å². The molecule has 1 amide bonds. The molecule has 1 aromatic carbocycles. The maximum atomic E-state index is 11.4. The first-order valence-electron chi connectivity index (χ1n) is 5.25. The Morgan fingerprint density at radius 2 is 2.06 bits per heavy atom. The third-order valence-electron chi connectivity index (χ3n) is 2.11. The van der Waals surface area contributed by atoms with Gasteiger partial charge in [0.15, 0.2) is 6.10 Å². The van der Waals surface area contributed by atoms with Gasteiger partial charge >= 0.3 is 0 Å². The molecule has 0 aliphatic heterocycles. The lowest BCUT2D eigenvalue weighted by Gasteiger charge is -2.14. The number of aryl methyl sites for hydroxylation is 1. The van der Waals surface area contributed by atoms with Crippen molar-refractivity contribution in [2.24, 2.45) is 0 Å². The van der Waals surface area contributed by atoms with Crippen LogP contribution in [0.5, 0.6) is 5.75 Å². The normalized spacial score (nSPS) is 11.9. The first-order valence-corrected chi connectivity index (χ1v) is 5.25. The Morgan fingerprint density at radius 1 is 1.44 bits per heavy atom. The van der Waals surface area contributed by atoms with Crippen molar-refractivity contribution in [3.63, 3.8) is 0 Å². The fourth-order valence-electron chi connectivity index (χ4n) is 1.20. The van der Waals surface area contributed by atoms with E-state index >= 15 is 0 Å². The molecule has 0 fully saturated rings. The molecule has 0 aliphatic rings. The quantitative estimate of drug-likeness (QED) is 0.778. The van der Waals surface area contributed by atoms with E-state index in [9.17, 15) is 4.79 Å². The molecule has 0 spiro atoms. The number of aliphatic hydroxyl groups excluding tert-OH is 1. The Hall–Kier alpha value is -1.55.